The maximum absolute atomic E-state index is 11.5. The number of fused-ring (bicyclic) bond motifs is 2. The lowest BCUT2D eigenvalue weighted by Gasteiger charge is -2.22. The van der Waals surface area contributed by atoms with Gasteiger partial charge in [0.15, 0.2) is 0 Å². The van der Waals surface area contributed by atoms with Crippen molar-refractivity contribution in [2.24, 2.45) is 23.5 Å². The lowest BCUT2D eigenvalue weighted by molar-refractivity contribution is -0.149. The summed E-state index contributed by atoms with van der Waals surface area (Å²) >= 11 is 0. The number of carbonyl (C=O) groups is 1. The predicted octanol–water partition coefficient (Wildman–Crippen LogP) is 0.699. The van der Waals surface area contributed by atoms with Crippen LogP contribution in [0.5, 0.6) is 0 Å². The summed E-state index contributed by atoms with van der Waals surface area (Å²) < 4.78 is 5.00. The summed E-state index contributed by atoms with van der Waals surface area (Å²) in [5.74, 6) is 0.528. The zero-order chi connectivity index (χ0) is 9.42. The average Bonchev–Trinajstić information content (AvgIpc) is 2.63. The van der Waals surface area contributed by atoms with Crippen molar-refractivity contribution in [3.8, 4) is 0 Å². The van der Waals surface area contributed by atoms with Gasteiger partial charge in [-0.15, -0.1) is 0 Å². The van der Waals surface area contributed by atoms with Crippen LogP contribution in [-0.2, 0) is 9.53 Å². The van der Waals surface area contributed by atoms with Crippen molar-refractivity contribution in [1.29, 1.82) is 0 Å². The van der Waals surface area contributed by atoms with Crippen LogP contribution >= 0.6 is 0 Å². The Labute approximate surface area is 77.9 Å². The third-order valence-corrected chi connectivity index (χ3v) is 3.08. The van der Waals surface area contributed by atoms with E-state index in [1.165, 1.54) is 0 Å². The quantitative estimate of drug-likeness (QED) is 0.504. The molecule has 3 heteroatoms. The molecule has 2 aliphatic rings. The Bertz CT molecular complexity index is 249. The maximum Gasteiger partial charge on any atom is 0.311 e. The lowest BCUT2D eigenvalue weighted by Crippen LogP contribution is -2.39. The third kappa shape index (κ3) is 1.27. The molecule has 13 heavy (non-hydrogen) atoms. The molecule has 0 amide bonds. The summed E-state index contributed by atoms with van der Waals surface area (Å²) in [6, 6.07) is -0.0194. The van der Waals surface area contributed by atoms with Crippen LogP contribution in [0.3, 0.4) is 0 Å². The van der Waals surface area contributed by atoms with Gasteiger partial charge in [0, 0.05) is 6.04 Å². The third-order valence-electron chi connectivity index (χ3n) is 3.08. The Hall–Kier alpha value is -0.830. The van der Waals surface area contributed by atoms with E-state index in [0.29, 0.717) is 18.4 Å². The van der Waals surface area contributed by atoms with E-state index in [0.717, 1.165) is 6.42 Å². The Morgan fingerprint density at radius 2 is 2.23 bits per heavy atom. The molecule has 2 rings (SSSR count). The highest BCUT2D eigenvalue weighted by atomic mass is 16.5. The topological polar surface area (TPSA) is 52.3 Å². The maximum atomic E-state index is 11.5. The summed E-state index contributed by atoms with van der Waals surface area (Å²) in [5, 5.41) is 0. The number of hydrogen-bond donors (Lipinski definition) is 1. The molecule has 0 unspecified atom stereocenters. The highest BCUT2D eigenvalue weighted by Crippen LogP contribution is 2.43. The van der Waals surface area contributed by atoms with Gasteiger partial charge in [-0.2, -0.15) is 0 Å². The van der Waals surface area contributed by atoms with Crippen molar-refractivity contribution in [3.63, 3.8) is 0 Å². The van der Waals surface area contributed by atoms with Gasteiger partial charge in [0.25, 0.3) is 0 Å². The normalized spacial score (nSPS) is 41.1. The molecule has 4 atom stereocenters. The van der Waals surface area contributed by atoms with Gasteiger partial charge < -0.3 is 10.5 Å². The zero-order valence-corrected chi connectivity index (χ0v) is 7.77. The monoisotopic (exact) mass is 181 g/mol. The minimum Gasteiger partial charge on any atom is -0.466 e. The minimum atomic E-state index is -0.119. The van der Waals surface area contributed by atoms with E-state index in [2.05, 4.69) is 12.2 Å². The second-order valence-corrected chi connectivity index (χ2v) is 3.80. The first-order chi connectivity index (χ1) is 6.24. The molecule has 0 heterocycles. The van der Waals surface area contributed by atoms with Gasteiger partial charge in [-0.3, -0.25) is 4.79 Å². The van der Waals surface area contributed by atoms with Crippen LogP contribution in [0.1, 0.15) is 13.3 Å². The van der Waals surface area contributed by atoms with Crippen LogP contribution in [-0.4, -0.2) is 18.6 Å². The molecule has 2 bridgehead atoms. The standard InChI is InChI=1S/C10H15NO2/c1-2-13-10(12)8-6-3-4-7(5-6)9(8)11/h3-4,6-9H,2,5,11H2,1H3/t6-,7-,8+,9+/m0/s1. The smallest absolute Gasteiger partial charge is 0.311 e. The number of ether oxygens (including phenoxy) is 1. The van der Waals surface area contributed by atoms with Crippen LogP contribution in [0.25, 0.3) is 0 Å². The summed E-state index contributed by atoms with van der Waals surface area (Å²) in [7, 11) is 0. The van der Waals surface area contributed by atoms with Crippen LogP contribution in [0.15, 0.2) is 12.2 Å². The van der Waals surface area contributed by atoms with Crippen molar-refractivity contribution >= 4 is 5.97 Å². The van der Waals surface area contributed by atoms with Crippen LogP contribution in [0.2, 0.25) is 0 Å². The molecule has 3 nitrogen and oxygen atoms in total. The Balaban J connectivity index is 2.08. The van der Waals surface area contributed by atoms with Gasteiger partial charge >= 0.3 is 5.97 Å². The molecule has 0 spiro atoms. The number of esters is 1. The molecule has 0 aromatic carbocycles. The van der Waals surface area contributed by atoms with Crippen molar-refractivity contribution in [2.75, 3.05) is 6.61 Å². The molecule has 2 N–H and O–H groups in total. The summed E-state index contributed by atoms with van der Waals surface area (Å²) in [6.07, 6.45) is 5.27. The molecule has 1 fully saturated rings. The summed E-state index contributed by atoms with van der Waals surface area (Å²) in [6.45, 7) is 2.27. The van der Waals surface area contributed by atoms with Crippen LogP contribution in [0, 0.1) is 17.8 Å². The second kappa shape index (κ2) is 3.14. The number of nitrogens with two attached hydrogens (primary N) is 1. The molecule has 0 saturated heterocycles. The van der Waals surface area contributed by atoms with Gasteiger partial charge in [-0.05, 0) is 25.2 Å². The Morgan fingerprint density at radius 3 is 2.77 bits per heavy atom. The molecule has 0 aromatic rings. The predicted molar refractivity (Wildman–Crippen MR) is 48.8 cm³/mol. The van der Waals surface area contributed by atoms with Crippen molar-refractivity contribution in [3.05, 3.63) is 12.2 Å². The van der Waals surface area contributed by atoms with E-state index in [-0.39, 0.29) is 17.9 Å². The van der Waals surface area contributed by atoms with E-state index in [9.17, 15) is 4.79 Å². The minimum absolute atomic E-state index is 0.0194. The Kier molecular flexibility index (Phi) is 2.12. The largest absolute Gasteiger partial charge is 0.466 e. The highest BCUT2D eigenvalue weighted by Gasteiger charge is 2.46. The van der Waals surface area contributed by atoms with E-state index < -0.39 is 0 Å². The highest BCUT2D eigenvalue weighted by molar-refractivity contribution is 5.75. The first kappa shape index (κ1) is 8.75. The average molecular weight is 181 g/mol. The molecule has 0 aromatic heterocycles. The molecule has 72 valence electrons. The fourth-order valence-corrected chi connectivity index (χ4v) is 2.43. The van der Waals surface area contributed by atoms with E-state index >= 15 is 0 Å². The first-order valence-electron chi connectivity index (χ1n) is 4.84. The van der Waals surface area contributed by atoms with Crippen molar-refractivity contribution < 1.29 is 9.53 Å². The lowest BCUT2D eigenvalue weighted by atomic mass is 9.90. The van der Waals surface area contributed by atoms with Gasteiger partial charge in [0.2, 0.25) is 0 Å². The summed E-state index contributed by atoms with van der Waals surface area (Å²) in [5.41, 5.74) is 5.94. The molecule has 1 saturated carbocycles. The molecular weight excluding hydrogens is 166 g/mol. The number of allylic oxidation sites excluding steroid dienone is 1. The second-order valence-electron chi connectivity index (χ2n) is 3.80. The molecule has 0 radical (unpaired) electrons. The van der Waals surface area contributed by atoms with E-state index in [1.54, 1.807) is 0 Å². The van der Waals surface area contributed by atoms with E-state index in [4.69, 9.17) is 10.5 Å². The zero-order valence-electron chi connectivity index (χ0n) is 7.77. The molecule has 2 aliphatic carbocycles. The van der Waals surface area contributed by atoms with Gasteiger partial charge in [0.1, 0.15) is 0 Å². The van der Waals surface area contributed by atoms with E-state index in [1.807, 2.05) is 6.92 Å². The molecule has 0 aliphatic heterocycles. The summed E-state index contributed by atoms with van der Waals surface area (Å²) in [4.78, 5) is 11.5. The van der Waals surface area contributed by atoms with Gasteiger partial charge in [-0.25, -0.2) is 0 Å². The van der Waals surface area contributed by atoms with Crippen LogP contribution < -0.4 is 5.73 Å². The van der Waals surface area contributed by atoms with Gasteiger partial charge in [0.05, 0.1) is 12.5 Å². The number of carbonyl (C=O) groups excluding carboxylic acids is 1. The fraction of sp³-hybridized carbons (Fsp3) is 0.700. The SMILES string of the molecule is CCOC(=O)[C@H]1[C@H](N)[C@H]2C=C[C@H]1C2. The molecular formula is C10H15NO2. The van der Waals surface area contributed by atoms with Crippen LogP contribution in [0.4, 0.5) is 0 Å². The van der Waals surface area contributed by atoms with Crippen molar-refractivity contribution in [1.82, 2.24) is 0 Å². The number of rotatable bonds is 2. The van der Waals surface area contributed by atoms with Crippen molar-refractivity contribution in [2.45, 2.75) is 19.4 Å². The fourth-order valence-electron chi connectivity index (χ4n) is 2.43. The number of hydrogen-bond acceptors (Lipinski definition) is 3. The van der Waals surface area contributed by atoms with Gasteiger partial charge in [-0.1, -0.05) is 12.2 Å². The first-order valence-corrected chi connectivity index (χ1v) is 4.84. The Morgan fingerprint density at radius 1 is 1.54 bits per heavy atom.